The lowest BCUT2D eigenvalue weighted by Crippen LogP contribution is -2.51. The number of piperazine rings is 1. The molecule has 1 aliphatic rings. The quantitative estimate of drug-likeness (QED) is 0.564. The molecular weight excluding hydrogens is 426 g/mol. The van der Waals surface area contributed by atoms with Gasteiger partial charge in [0.2, 0.25) is 17.6 Å². The summed E-state index contributed by atoms with van der Waals surface area (Å²) in [4.78, 5) is 34.3. The van der Waals surface area contributed by atoms with Crippen molar-refractivity contribution in [1.29, 1.82) is 0 Å². The number of nitrogens with one attached hydrogen (secondary N) is 1. The molecule has 0 unspecified atom stereocenters. The van der Waals surface area contributed by atoms with Crippen LogP contribution in [0, 0.1) is 6.92 Å². The number of carbonyl (C=O) groups excluding carboxylic acids is 2. The molecule has 0 bridgehead atoms. The molecule has 1 saturated heterocycles. The minimum Gasteiger partial charge on any atom is -0.343 e. The number of hydrogen-bond donors (Lipinski definition) is 1. The van der Waals surface area contributed by atoms with Gasteiger partial charge >= 0.3 is 0 Å². The van der Waals surface area contributed by atoms with Crippen LogP contribution >= 0.6 is 11.3 Å². The first-order valence-electron chi connectivity index (χ1n) is 10.8. The first kappa shape index (κ1) is 22.2. The van der Waals surface area contributed by atoms with Gasteiger partial charge in [-0.1, -0.05) is 28.9 Å². The smallest absolute Gasteiger partial charge is 0.251 e. The van der Waals surface area contributed by atoms with Gasteiger partial charge in [-0.2, -0.15) is 4.98 Å². The highest BCUT2D eigenvalue weighted by molar-refractivity contribution is 7.13. The summed E-state index contributed by atoms with van der Waals surface area (Å²) in [6.07, 6.45) is 1.66. The normalized spacial score (nSPS) is 14.5. The maximum Gasteiger partial charge on any atom is 0.251 e. The molecule has 0 atom stereocenters. The number of thiophene rings is 1. The number of amides is 2. The number of hydrogen-bond acceptors (Lipinski definition) is 7. The van der Waals surface area contributed by atoms with Crippen molar-refractivity contribution in [2.45, 2.75) is 19.8 Å². The third kappa shape index (κ3) is 5.80. The van der Waals surface area contributed by atoms with E-state index < -0.39 is 0 Å². The number of aromatic nitrogens is 2. The van der Waals surface area contributed by atoms with E-state index in [0.29, 0.717) is 30.4 Å². The molecule has 3 aromatic rings. The Morgan fingerprint density at radius 2 is 2.00 bits per heavy atom. The molecule has 0 radical (unpaired) electrons. The highest BCUT2D eigenvalue weighted by Gasteiger charge is 2.21. The molecule has 3 heterocycles. The summed E-state index contributed by atoms with van der Waals surface area (Å²) in [5.74, 6) is 1.05. The Kier molecular flexibility index (Phi) is 7.28. The summed E-state index contributed by atoms with van der Waals surface area (Å²) in [6, 6.07) is 11.3. The SMILES string of the molecule is Cc1cccc(C(=O)NCC(=O)N2CCN(CCCc3nc(-c4cccs4)no3)CC2)c1. The van der Waals surface area contributed by atoms with Gasteiger partial charge in [-0.05, 0) is 43.5 Å². The van der Waals surface area contributed by atoms with Crippen molar-refractivity contribution in [2.75, 3.05) is 39.3 Å². The average molecular weight is 454 g/mol. The Labute approximate surface area is 191 Å². The van der Waals surface area contributed by atoms with Gasteiger partial charge < -0.3 is 14.7 Å². The molecule has 0 spiro atoms. The summed E-state index contributed by atoms with van der Waals surface area (Å²) in [5, 5.41) is 8.77. The van der Waals surface area contributed by atoms with Gasteiger partial charge in [0, 0.05) is 38.2 Å². The molecule has 2 amide bonds. The number of rotatable bonds is 8. The molecule has 8 nitrogen and oxygen atoms in total. The summed E-state index contributed by atoms with van der Waals surface area (Å²) in [7, 11) is 0. The van der Waals surface area contributed by atoms with E-state index in [2.05, 4.69) is 20.4 Å². The van der Waals surface area contributed by atoms with E-state index in [9.17, 15) is 9.59 Å². The molecule has 0 aliphatic carbocycles. The molecule has 1 fully saturated rings. The Morgan fingerprint density at radius 3 is 2.75 bits per heavy atom. The molecule has 1 N–H and O–H groups in total. The Bertz CT molecular complexity index is 1040. The molecule has 0 saturated carbocycles. The highest BCUT2D eigenvalue weighted by atomic mass is 32.1. The van der Waals surface area contributed by atoms with E-state index in [-0.39, 0.29) is 18.4 Å². The van der Waals surface area contributed by atoms with Crippen molar-refractivity contribution < 1.29 is 14.1 Å². The van der Waals surface area contributed by atoms with Crippen molar-refractivity contribution in [3.63, 3.8) is 0 Å². The van der Waals surface area contributed by atoms with Gasteiger partial charge in [-0.15, -0.1) is 11.3 Å². The summed E-state index contributed by atoms with van der Waals surface area (Å²) in [6.45, 7) is 5.86. The van der Waals surface area contributed by atoms with Crippen LogP contribution < -0.4 is 5.32 Å². The van der Waals surface area contributed by atoms with Crippen LogP contribution in [0.15, 0.2) is 46.3 Å². The zero-order chi connectivity index (χ0) is 22.3. The predicted molar refractivity (Wildman–Crippen MR) is 122 cm³/mol. The molecule has 168 valence electrons. The van der Waals surface area contributed by atoms with Crippen molar-refractivity contribution in [3.8, 4) is 10.7 Å². The molecular formula is C23H27N5O3S. The maximum absolute atomic E-state index is 12.5. The standard InChI is InChI=1S/C23H27N5O3S/c1-17-5-2-6-18(15-17)23(30)24-16-21(29)28-12-10-27(11-13-28)9-3-8-20-25-22(26-31-20)19-7-4-14-32-19/h2,4-7,14-15H,3,8-13,16H2,1H3,(H,24,30). The maximum atomic E-state index is 12.5. The number of carbonyl (C=O) groups is 2. The van der Waals surface area contributed by atoms with Crippen molar-refractivity contribution in [2.24, 2.45) is 0 Å². The lowest BCUT2D eigenvalue weighted by molar-refractivity contribution is -0.131. The van der Waals surface area contributed by atoms with Crippen LogP contribution in [0.25, 0.3) is 10.7 Å². The first-order chi connectivity index (χ1) is 15.6. The predicted octanol–water partition coefficient (Wildman–Crippen LogP) is 2.61. The van der Waals surface area contributed by atoms with Crippen LogP contribution in [-0.2, 0) is 11.2 Å². The van der Waals surface area contributed by atoms with E-state index in [1.165, 1.54) is 0 Å². The Morgan fingerprint density at radius 1 is 1.16 bits per heavy atom. The van der Waals surface area contributed by atoms with Crippen LogP contribution in [0.3, 0.4) is 0 Å². The number of benzene rings is 1. The summed E-state index contributed by atoms with van der Waals surface area (Å²) in [5.41, 5.74) is 1.59. The lowest BCUT2D eigenvalue weighted by Gasteiger charge is -2.34. The third-order valence-corrected chi connectivity index (χ3v) is 6.35. The van der Waals surface area contributed by atoms with Crippen LogP contribution in [0.1, 0.15) is 28.2 Å². The minimum absolute atomic E-state index is 0.0243. The zero-order valence-electron chi connectivity index (χ0n) is 18.1. The van der Waals surface area contributed by atoms with Crippen molar-refractivity contribution >= 4 is 23.2 Å². The zero-order valence-corrected chi connectivity index (χ0v) is 18.9. The molecule has 1 aliphatic heterocycles. The molecule has 1 aromatic carbocycles. The van der Waals surface area contributed by atoms with E-state index in [0.717, 1.165) is 42.9 Å². The summed E-state index contributed by atoms with van der Waals surface area (Å²) >= 11 is 1.59. The third-order valence-electron chi connectivity index (χ3n) is 5.48. The molecule has 4 rings (SSSR count). The largest absolute Gasteiger partial charge is 0.343 e. The molecule has 32 heavy (non-hydrogen) atoms. The molecule has 9 heteroatoms. The van der Waals surface area contributed by atoms with Crippen LogP contribution in [-0.4, -0.2) is 71.0 Å². The monoisotopic (exact) mass is 453 g/mol. The van der Waals surface area contributed by atoms with Crippen molar-refractivity contribution in [3.05, 3.63) is 58.8 Å². The second-order valence-corrected chi connectivity index (χ2v) is 8.81. The van der Waals surface area contributed by atoms with Gasteiger partial charge in [0.1, 0.15) is 0 Å². The van der Waals surface area contributed by atoms with Crippen LogP contribution in [0.4, 0.5) is 0 Å². The van der Waals surface area contributed by atoms with Gasteiger partial charge in [0.15, 0.2) is 0 Å². The van der Waals surface area contributed by atoms with Gasteiger partial charge in [-0.3, -0.25) is 14.5 Å². The fourth-order valence-corrected chi connectivity index (χ4v) is 4.34. The second-order valence-electron chi connectivity index (χ2n) is 7.87. The van der Waals surface area contributed by atoms with Crippen molar-refractivity contribution in [1.82, 2.24) is 25.3 Å². The summed E-state index contributed by atoms with van der Waals surface area (Å²) < 4.78 is 5.35. The van der Waals surface area contributed by atoms with E-state index in [1.807, 2.05) is 47.5 Å². The molecule has 2 aromatic heterocycles. The van der Waals surface area contributed by atoms with E-state index >= 15 is 0 Å². The average Bonchev–Trinajstić information content (AvgIpc) is 3.50. The Hall–Kier alpha value is -3.04. The van der Waals surface area contributed by atoms with Gasteiger partial charge in [-0.25, -0.2) is 0 Å². The lowest BCUT2D eigenvalue weighted by atomic mass is 10.1. The van der Waals surface area contributed by atoms with Crippen LogP contribution in [0.2, 0.25) is 0 Å². The van der Waals surface area contributed by atoms with E-state index in [1.54, 1.807) is 17.4 Å². The highest BCUT2D eigenvalue weighted by Crippen LogP contribution is 2.21. The van der Waals surface area contributed by atoms with Gasteiger partial charge in [0.05, 0.1) is 11.4 Å². The minimum atomic E-state index is -0.219. The Balaban J connectivity index is 1.14. The number of aryl methyl sites for hydroxylation is 2. The number of nitrogens with zero attached hydrogens (tertiary/aromatic N) is 4. The topological polar surface area (TPSA) is 91.6 Å². The fraction of sp³-hybridized carbons (Fsp3) is 0.391. The van der Waals surface area contributed by atoms with Gasteiger partial charge in [0.25, 0.3) is 5.91 Å². The fourth-order valence-electron chi connectivity index (χ4n) is 3.69. The van der Waals surface area contributed by atoms with E-state index in [4.69, 9.17) is 4.52 Å². The van der Waals surface area contributed by atoms with Crippen LogP contribution in [0.5, 0.6) is 0 Å². The first-order valence-corrected chi connectivity index (χ1v) is 11.7. The second kappa shape index (κ2) is 10.5.